The van der Waals surface area contributed by atoms with E-state index in [9.17, 15) is 13.2 Å². The van der Waals surface area contributed by atoms with Gasteiger partial charge in [0.1, 0.15) is 0 Å². The van der Waals surface area contributed by atoms with E-state index in [2.05, 4.69) is 4.98 Å². The zero-order chi connectivity index (χ0) is 13.5. The van der Waals surface area contributed by atoms with Crippen molar-refractivity contribution in [2.24, 2.45) is 0 Å². The van der Waals surface area contributed by atoms with Crippen molar-refractivity contribution in [1.82, 2.24) is 9.88 Å². The number of hydrogen-bond donors (Lipinski definition) is 0. The van der Waals surface area contributed by atoms with Crippen LogP contribution in [0, 0.1) is 0 Å². The molecule has 0 radical (unpaired) electrons. The van der Waals surface area contributed by atoms with Gasteiger partial charge in [0.25, 0.3) is 5.91 Å². The molecular formula is C12H14N2O4S. The Balaban J connectivity index is 1.87. The van der Waals surface area contributed by atoms with Gasteiger partial charge in [-0.15, -0.1) is 0 Å². The first kappa shape index (κ1) is 12.6. The van der Waals surface area contributed by atoms with Gasteiger partial charge in [-0.1, -0.05) is 0 Å². The average molecular weight is 282 g/mol. The van der Waals surface area contributed by atoms with Gasteiger partial charge >= 0.3 is 0 Å². The minimum absolute atomic E-state index is 0.00842. The van der Waals surface area contributed by atoms with E-state index >= 15 is 0 Å². The van der Waals surface area contributed by atoms with Gasteiger partial charge < -0.3 is 9.64 Å². The molecule has 1 amide bonds. The summed E-state index contributed by atoms with van der Waals surface area (Å²) in [6.07, 6.45) is 2.70. The monoisotopic (exact) mass is 282 g/mol. The number of morpholine rings is 1. The molecule has 0 aliphatic carbocycles. The highest BCUT2D eigenvalue weighted by Gasteiger charge is 2.45. The lowest BCUT2D eigenvalue weighted by molar-refractivity contribution is -0.0361. The van der Waals surface area contributed by atoms with Crippen LogP contribution in [0.5, 0.6) is 0 Å². The largest absolute Gasteiger partial charge is 0.373 e. The highest BCUT2D eigenvalue weighted by molar-refractivity contribution is 7.91. The van der Waals surface area contributed by atoms with Crippen LogP contribution < -0.4 is 0 Å². The van der Waals surface area contributed by atoms with E-state index in [0.717, 1.165) is 0 Å². The molecule has 7 heteroatoms. The smallest absolute Gasteiger partial charge is 0.255 e. The predicted octanol–water partition coefficient (Wildman–Crippen LogP) is -0.280. The molecule has 2 unspecified atom stereocenters. The molecule has 3 heterocycles. The van der Waals surface area contributed by atoms with E-state index in [1.807, 2.05) is 0 Å². The number of rotatable bonds is 1. The molecular weight excluding hydrogens is 268 g/mol. The Hall–Kier alpha value is -1.47. The van der Waals surface area contributed by atoms with Crippen molar-refractivity contribution in [2.75, 3.05) is 24.7 Å². The average Bonchev–Trinajstić information content (AvgIpc) is 2.72. The number of amides is 1. The summed E-state index contributed by atoms with van der Waals surface area (Å²) in [6, 6.07) is 3.01. The van der Waals surface area contributed by atoms with Gasteiger partial charge in [0.15, 0.2) is 9.84 Å². The van der Waals surface area contributed by atoms with E-state index < -0.39 is 9.84 Å². The molecule has 0 spiro atoms. The Bertz CT molecular complexity index is 587. The second-order valence-corrected chi connectivity index (χ2v) is 6.95. The van der Waals surface area contributed by atoms with Gasteiger partial charge in [-0.25, -0.2) is 8.42 Å². The Kier molecular flexibility index (Phi) is 3.02. The van der Waals surface area contributed by atoms with Crippen LogP contribution in [-0.2, 0) is 14.6 Å². The first-order valence-corrected chi connectivity index (χ1v) is 7.92. The van der Waals surface area contributed by atoms with Crippen LogP contribution in [0.3, 0.4) is 0 Å². The Morgan fingerprint density at radius 2 is 2.26 bits per heavy atom. The number of fused-ring (bicyclic) bond motifs is 1. The quantitative estimate of drug-likeness (QED) is 0.708. The van der Waals surface area contributed by atoms with Gasteiger partial charge in [0.05, 0.1) is 35.8 Å². The fraction of sp³-hybridized carbons (Fsp3) is 0.500. The van der Waals surface area contributed by atoms with Gasteiger partial charge in [-0.05, 0) is 12.1 Å². The number of carbonyl (C=O) groups excluding carboxylic acids is 1. The summed E-state index contributed by atoms with van der Waals surface area (Å²) in [5.41, 5.74) is 0.479. The maximum Gasteiger partial charge on any atom is 0.255 e. The topological polar surface area (TPSA) is 76.6 Å². The van der Waals surface area contributed by atoms with Crippen molar-refractivity contribution in [3.8, 4) is 0 Å². The van der Waals surface area contributed by atoms with Crippen LogP contribution in [0.4, 0.5) is 0 Å². The van der Waals surface area contributed by atoms with E-state index in [1.54, 1.807) is 23.2 Å². The molecule has 19 heavy (non-hydrogen) atoms. The number of nitrogens with zero attached hydrogens (tertiary/aromatic N) is 2. The summed E-state index contributed by atoms with van der Waals surface area (Å²) in [5.74, 6) is -0.179. The third-order valence-corrected chi connectivity index (χ3v) is 5.19. The lowest BCUT2D eigenvalue weighted by Gasteiger charge is -2.36. The SMILES string of the molecule is O=C(c1cccnc1)N1CCOC2CS(=O)(=O)CC21. The van der Waals surface area contributed by atoms with Crippen molar-refractivity contribution < 1.29 is 17.9 Å². The van der Waals surface area contributed by atoms with Crippen LogP contribution in [0.1, 0.15) is 10.4 Å². The number of hydrogen-bond acceptors (Lipinski definition) is 5. The van der Waals surface area contributed by atoms with E-state index in [1.165, 1.54) is 6.20 Å². The Morgan fingerprint density at radius 3 is 3.00 bits per heavy atom. The van der Waals surface area contributed by atoms with Crippen molar-refractivity contribution in [3.63, 3.8) is 0 Å². The van der Waals surface area contributed by atoms with Crippen LogP contribution in [0.15, 0.2) is 24.5 Å². The minimum atomic E-state index is -3.11. The molecule has 2 atom stereocenters. The molecule has 2 aliphatic rings. The third kappa shape index (κ3) is 2.35. The second-order valence-electron chi connectivity index (χ2n) is 4.79. The van der Waals surface area contributed by atoms with Gasteiger partial charge in [-0.2, -0.15) is 0 Å². The molecule has 0 saturated carbocycles. The van der Waals surface area contributed by atoms with Crippen molar-refractivity contribution >= 4 is 15.7 Å². The third-order valence-electron chi connectivity index (χ3n) is 3.51. The van der Waals surface area contributed by atoms with Gasteiger partial charge in [0.2, 0.25) is 0 Å². The molecule has 2 saturated heterocycles. The molecule has 2 aliphatic heterocycles. The molecule has 6 nitrogen and oxygen atoms in total. The summed E-state index contributed by atoms with van der Waals surface area (Å²) in [4.78, 5) is 17.9. The van der Waals surface area contributed by atoms with Crippen molar-refractivity contribution in [2.45, 2.75) is 12.1 Å². The summed E-state index contributed by atoms with van der Waals surface area (Å²) in [7, 11) is -3.11. The summed E-state index contributed by atoms with van der Waals surface area (Å²) < 4.78 is 28.8. The molecule has 0 aromatic carbocycles. The first-order valence-electron chi connectivity index (χ1n) is 6.10. The number of ether oxygens (including phenoxy) is 1. The van der Waals surface area contributed by atoms with Crippen molar-refractivity contribution in [3.05, 3.63) is 30.1 Å². The van der Waals surface area contributed by atoms with E-state index in [-0.39, 0.29) is 29.6 Å². The normalized spacial score (nSPS) is 28.9. The summed E-state index contributed by atoms with van der Waals surface area (Å²) >= 11 is 0. The van der Waals surface area contributed by atoms with Crippen LogP contribution >= 0.6 is 0 Å². The number of pyridine rings is 1. The standard InChI is InChI=1S/C12H14N2O4S/c15-12(9-2-1-3-13-6-9)14-4-5-18-11-8-19(16,17)7-10(11)14/h1-3,6,10-11H,4-5,7-8H2. The first-order chi connectivity index (χ1) is 9.07. The molecule has 0 bridgehead atoms. The second kappa shape index (κ2) is 4.57. The van der Waals surface area contributed by atoms with Gasteiger partial charge in [-0.3, -0.25) is 9.78 Å². The van der Waals surface area contributed by atoms with Crippen molar-refractivity contribution in [1.29, 1.82) is 0 Å². The highest BCUT2D eigenvalue weighted by atomic mass is 32.2. The van der Waals surface area contributed by atoms with Gasteiger partial charge in [0, 0.05) is 18.9 Å². The number of sulfone groups is 1. The minimum Gasteiger partial charge on any atom is -0.373 e. The molecule has 0 N–H and O–H groups in total. The Labute approximate surface area is 111 Å². The zero-order valence-corrected chi connectivity index (χ0v) is 11.0. The lowest BCUT2D eigenvalue weighted by Crippen LogP contribution is -2.53. The molecule has 2 fully saturated rings. The van der Waals surface area contributed by atoms with E-state index in [0.29, 0.717) is 18.7 Å². The highest BCUT2D eigenvalue weighted by Crippen LogP contribution is 2.25. The zero-order valence-electron chi connectivity index (χ0n) is 10.2. The molecule has 1 aromatic heterocycles. The molecule has 1 aromatic rings. The maximum absolute atomic E-state index is 12.4. The molecule has 3 rings (SSSR count). The fourth-order valence-corrected chi connectivity index (χ4v) is 4.49. The number of aromatic nitrogens is 1. The predicted molar refractivity (Wildman–Crippen MR) is 67.5 cm³/mol. The lowest BCUT2D eigenvalue weighted by atomic mass is 10.1. The summed E-state index contributed by atoms with van der Waals surface area (Å²) in [6.45, 7) is 0.799. The summed E-state index contributed by atoms with van der Waals surface area (Å²) in [5, 5.41) is 0. The number of carbonyl (C=O) groups is 1. The van der Waals surface area contributed by atoms with Crippen LogP contribution in [0.2, 0.25) is 0 Å². The van der Waals surface area contributed by atoms with Crippen LogP contribution in [0.25, 0.3) is 0 Å². The maximum atomic E-state index is 12.4. The fourth-order valence-electron chi connectivity index (χ4n) is 2.62. The molecule has 102 valence electrons. The van der Waals surface area contributed by atoms with Crippen LogP contribution in [-0.4, -0.2) is 61.0 Å². The Morgan fingerprint density at radius 1 is 1.42 bits per heavy atom. The van der Waals surface area contributed by atoms with E-state index in [4.69, 9.17) is 4.74 Å².